The summed E-state index contributed by atoms with van der Waals surface area (Å²) in [5, 5.41) is 0. The number of thiocarbonyl (C=S) groups is 1. The Morgan fingerprint density at radius 3 is 2.63 bits per heavy atom. The van der Waals surface area contributed by atoms with Gasteiger partial charge in [-0.05, 0) is 25.5 Å². The van der Waals surface area contributed by atoms with Crippen molar-refractivity contribution in [2.24, 2.45) is 0 Å². The van der Waals surface area contributed by atoms with Crippen LogP contribution in [0.2, 0.25) is 19.6 Å². The Morgan fingerprint density at radius 2 is 1.97 bits per heavy atom. The van der Waals surface area contributed by atoms with E-state index in [1.165, 1.54) is 0 Å². The zero-order valence-corrected chi connectivity index (χ0v) is 23.5. The van der Waals surface area contributed by atoms with Crippen molar-refractivity contribution >= 4 is 31.1 Å². The lowest BCUT2D eigenvalue weighted by atomic mass is 10.1. The Balaban J connectivity index is 2.05. The number of imidazole rings is 1. The van der Waals surface area contributed by atoms with Gasteiger partial charge in [-0.25, -0.2) is 9.78 Å². The molecule has 2 rings (SSSR count). The minimum Gasteiger partial charge on any atom is -0.497 e. The Hall–Kier alpha value is -2.43. The number of unbranched alkanes of at least 4 members (excludes halogenated alkanes) is 1. The van der Waals surface area contributed by atoms with Crippen molar-refractivity contribution in [3.63, 3.8) is 0 Å². The van der Waals surface area contributed by atoms with Crippen LogP contribution in [-0.4, -0.2) is 61.7 Å². The second-order valence-electron chi connectivity index (χ2n) is 9.16. The van der Waals surface area contributed by atoms with E-state index in [-0.39, 0.29) is 19.1 Å². The molecule has 1 aromatic heterocycles. The number of carbonyl (C=O) groups excluding carboxylic acids is 1. The fraction of sp³-hybridized carbons (Fsp3) is 0.560. The maximum atomic E-state index is 11.8. The fourth-order valence-electron chi connectivity index (χ4n) is 3.28. The monoisotopic (exact) mass is 522 g/mol. The minimum atomic E-state index is -1.77. The molecule has 0 bridgehead atoms. The summed E-state index contributed by atoms with van der Waals surface area (Å²) in [6.45, 7) is 10.8. The van der Waals surface area contributed by atoms with Gasteiger partial charge in [0.2, 0.25) is 5.88 Å². The van der Waals surface area contributed by atoms with Crippen molar-refractivity contribution in [2.75, 3.05) is 27.1 Å². The number of esters is 1. The Labute approximate surface area is 214 Å². The van der Waals surface area contributed by atoms with Crippen molar-refractivity contribution in [2.45, 2.75) is 64.9 Å². The molecule has 10 heteroatoms. The van der Waals surface area contributed by atoms with Crippen LogP contribution in [0.4, 0.5) is 0 Å². The van der Waals surface area contributed by atoms with Crippen LogP contribution in [0.1, 0.15) is 44.5 Å². The number of aromatic nitrogens is 2. The highest BCUT2D eigenvalue weighted by molar-refractivity contribution is 7.80. The average Bonchev–Trinajstić information content (AvgIpc) is 3.27. The zero-order valence-electron chi connectivity index (χ0n) is 21.6. The molecule has 8 nitrogen and oxygen atoms in total. The number of nitrogens with one attached hydrogen (secondary N) is 1. The summed E-state index contributed by atoms with van der Waals surface area (Å²) in [5.74, 6) is 2.16. The van der Waals surface area contributed by atoms with Crippen molar-refractivity contribution in [3.05, 3.63) is 35.8 Å². The van der Waals surface area contributed by atoms with Crippen LogP contribution in [0, 0.1) is 0 Å². The molecule has 0 saturated carbocycles. The molecule has 0 aliphatic heterocycles. The van der Waals surface area contributed by atoms with E-state index in [2.05, 4.69) is 36.5 Å². The van der Waals surface area contributed by atoms with Gasteiger partial charge in [0.1, 0.15) is 17.3 Å². The standard InChI is InChI=1S/C25H38N2O6SSi/c1-7-9-10-22-26-15-23(27-22)32-17-33-25(35(4,5)6)14-21(34)19-12-11-18(29-3)13-20(19)31-16-24(28)30-8-2/h11-13,15,25H,7-10,14,16-17H2,1-6H3,(H,26,27). The molecule has 1 atom stereocenters. The first-order valence-electron chi connectivity index (χ1n) is 12.0. The van der Waals surface area contributed by atoms with Gasteiger partial charge in [0.15, 0.2) is 13.4 Å². The predicted molar refractivity (Wildman–Crippen MR) is 142 cm³/mol. The van der Waals surface area contributed by atoms with Crippen LogP contribution < -0.4 is 14.2 Å². The Morgan fingerprint density at radius 1 is 1.20 bits per heavy atom. The van der Waals surface area contributed by atoms with Crippen LogP contribution >= 0.6 is 12.2 Å². The summed E-state index contributed by atoms with van der Waals surface area (Å²) >= 11 is 5.80. The Bertz CT molecular complexity index is 960. The molecular formula is C25H38N2O6SSi. The number of aromatic amines is 1. The van der Waals surface area contributed by atoms with Gasteiger partial charge in [0.25, 0.3) is 0 Å². The van der Waals surface area contributed by atoms with Crippen LogP contribution in [0.25, 0.3) is 0 Å². The largest absolute Gasteiger partial charge is 0.497 e. The topological polar surface area (TPSA) is 91.9 Å². The fourth-order valence-corrected chi connectivity index (χ4v) is 5.13. The quantitative estimate of drug-likeness (QED) is 0.107. The first-order valence-corrected chi connectivity index (χ1v) is 15.9. The van der Waals surface area contributed by atoms with Crippen molar-refractivity contribution in [3.8, 4) is 17.4 Å². The highest BCUT2D eigenvalue weighted by Gasteiger charge is 2.30. The van der Waals surface area contributed by atoms with Crippen molar-refractivity contribution in [1.82, 2.24) is 9.97 Å². The predicted octanol–water partition coefficient (Wildman–Crippen LogP) is 5.11. The number of H-pyrrole nitrogens is 1. The molecule has 1 heterocycles. The minimum absolute atomic E-state index is 0.0857. The number of aryl methyl sites for hydroxylation is 1. The third-order valence-electron chi connectivity index (χ3n) is 5.33. The first kappa shape index (κ1) is 28.8. The van der Waals surface area contributed by atoms with E-state index in [0.717, 1.165) is 30.7 Å². The zero-order chi connectivity index (χ0) is 25.8. The second kappa shape index (κ2) is 14.2. The molecule has 0 amide bonds. The number of hydrogen-bond acceptors (Lipinski definition) is 8. The van der Waals surface area contributed by atoms with Gasteiger partial charge < -0.3 is 28.7 Å². The van der Waals surface area contributed by atoms with Crippen molar-refractivity contribution in [1.29, 1.82) is 0 Å². The number of hydrogen-bond donors (Lipinski definition) is 1. The summed E-state index contributed by atoms with van der Waals surface area (Å²) in [5.41, 5.74) is 0.643. The molecule has 0 radical (unpaired) electrons. The number of rotatable bonds is 16. The third-order valence-corrected chi connectivity index (χ3v) is 8.02. The van der Waals surface area contributed by atoms with Gasteiger partial charge in [-0.3, -0.25) is 0 Å². The van der Waals surface area contributed by atoms with Gasteiger partial charge >= 0.3 is 5.97 Å². The SMILES string of the molecule is CCCCc1ncc(OCOC(CC(=S)c2ccc(OC)cc2OCC(=O)OCC)[Si](C)(C)C)[nH]1. The van der Waals surface area contributed by atoms with E-state index in [1.807, 2.05) is 12.1 Å². The van der Waals surface area contributed by atoms with Gasteiger partial charge in [-0.1, -0.05) is 45.2 Å². The number of methoxy groups -OCH3 is 1. The smallest absolute Gasteiger partial charge is 0.344 e. The molecule has 0 fully saturated rings. The highest BCUT2D eigenvalue weighted by atomic mass is 32.1. The molecule has 2 aromatic rings. The second-order valence-corrected chi connectivity index (χ2v) is 15.0. The molecule has 0 aliphatic rings. The molecule has 1 unspecified atom stereocenters. The number of nitrogens with zero attached hydrogens (tertiary/aromatic N) is 1. The maximum Gasteiger partial charge on any atom is 0.344 e. The summed E-state index contributed by atoms with van der Waals surface area (Å²) in [6, 6.07) is 5.39. The number of benzene rings is 1. The molecule has 0 aliphatic carbocycles. The van der Waals surface area contributed by atoms with Gasteiger partial charge in [0, 0.05) is 29.3 Å². The van der Waals surface area contributed by atoms with Gasteiger partial charge in [0.05, 0.1) is 33.7 Å². The molecule has 35 heavy (non-hydrogen) atoms. The van der Waals surface area contributed by atoms with Crippen LogP contribution in [0.3, 0.4) is 0 Å². The average molecular weight is 523 g/mol. The number of ether oxygens (including phenoxy) is 5. The van der Waals surface area contributed by atoms with E-state index in [1.54, 1.807) is 26.3 Å². The third kappa shape index (κ3) is 9.62. The van der Waals surface area contributed by atoms with E-state index in [4.69, 9.17) is 35.9 Å². The van der Waals surface area contributed by atoms with E-state index in [0.29, 0.717) is 35.3 Å². The van der Waals surface area contributed by atoms with E-state index >= 15 is 0 Å². The summed E-state index contributed by atoms with van der Waals surface area (Å²) in [7, 11) is -0.197. The lowest BCUT2D eigenvalue weighted by molar-refractivity contribution is -0.145. The lowest BCUT2D eigenvalue weighted by Crippen LogP contribution is -2.42. The molecular weight excluding hydrogens is 484 g/mol. The molecule has 194 valence electrons. The summed E-state index contributed by atoms with van der Waals surface area (Å²) in [4.78, 5) is 20.0. The van der Waals surface area contributed by atoms with E-state index < -0.39 is 14.0 Å². The van der Waals surface area contributed by atoms with Crippen LogP contribution in [-0.2, 0) is 20.7 Å². The summed E-state index contributed by atoms with van der Waals surface area (Å²) < 4.78 is 28.0. The van der Waals surface area contributed by atoms with E-state index in [9.17, 15) is 4.79 Å². The summed E-state index contributed by atoms with van der Waals surface area (Å²) in [6.07, 6.45) is 5.31. The first-order chi connectivity index (χ1) is 16.7. The molecule has 1 aromatic carbocycles. The Kier molecular flexibility index (Phi) is 11.7. The normalized spacial score (nSPS) is 12.2. The highest BCUT2D eigenvalue weighted by Crippen LogP contribution is 2.28. The number of carbonyl (C=O) groups is 1. The van der Waals surface area contributed by atoms with Gasteiger partial charge in [-0.2, -0.15) is 0 Å². The molecule has 0 saturated heterocycles. The molecule has 1 N–H and O–H groups in total. The molecule has 0 spiro atoms. The van der Waals surface area contributed by atoms with Crippen LogP contribution in [0.5, 0.6) is 17.4 Å². The maximum absolute atomic E-state index is 11.8. The lowest BCUT2D eigenvalue weighted by Gasteiger charge is -2.29. The van der Waals surface area contributed by atoms with Gasteiger partial charge in [-0.15, -0.1) is 0 Å². The van der Waals surface area contributed by atoms with Crippen molar-refractivity contribution < 1.29 is 28.5 Å². The van der Waals surface area contributed by atoms with Crippen LogP contribution in [0.15, 0.2) is 24.4 Å².